The smallest absolute Gasteiger partial charge is 0.245 e. The molecule has 0 amide bonds. The number of rotatable bonds is 5. The Morgan fingerprint density at radius 3 is 2.67 bits per heavy atom. The molecule has 0 spiro atoms. The summed E-state index contributed by atoms with van der Waals surface area (Å²) < 4.78 is 25.1. The number of H-pyrrole nitrogens is 1. The molecule has 1 N–H and O–H groups in total. The number of nitrogens with one attached hydrogen (secondary N) is 1. The van der Waals surface area contributed by atoms with E-state index in [0.717, 1.165) is 6.42 Å². The van der Waals surface area contributed by atoms with Gasteiger partial charge >= 0.3 is 0 Å². The molecule has 0 aliphatic rings. The number of hydrogen-bond donors (Lipinski definition) is 1. The number of aromatic amines is 1. The first-order valence-electron chi connectivity index (χ1n) is 4.89. The largest absolute Gasteiger partial charge is 0.284 e. The van der Waals surface area contributed by atoms with Crippen LogP contribution in [0.5, 0.6) is 0 Å². The number of hydrogen-bond acceptors (Lipinski definition) is 3. The summed E-state index contributed by atoms with van der Waals surface area (Å²) >= 11 is 0. The van der Waals surface area contributed by atoms with Crippen LogP contribution in [0.4, 0.5) is 0 Å². The highest BCUT2D eigenvalue weighted by molar-refractivity contribution is 7.89. The number of aromatic nitrogens is 2. The predicted octanol–water partition coefficient (Wildman–Crippen LogP) is 1.08. The van der Waals surface area contributed by atoms with Crippen LogP contribution in [0, 0.1) is 5.92 Å². The maximum Gasteiger partial charge on any atom is 0.245 e. The monoisotopic (exact) mass is 231 g/mol. The summed E-state index contributed by atoms with van der Waals surface area (Å²) in [5.74, 6) is 0.493. The Labute approximate surface area is 90.5 Å². The molecule has 5 nitrogen and oxygen atoms in total. The van der Waals surface area contributed by atoms with Gasteiger partial charge in [-0.1, -0.05) is 13.8 Å². The van der Waals surface area contributed by atoms with Gasteiger partial charge in [0.15, 0.2) is 0 Å². The molecule has 6 heteroatoms. The van der Waals surface area contributed by atoms with Crippen molar-refractivity contribution in [2.75, 3.05) is 13.6 Å². The van der Waals surface area contributed by atoms with E-state index >= 15 is 0 Å². The summed E-state index contributed by atoms with van der Waals surface area (Å²) in [6, 6.07) is 0. The molecule has 0 fully saturated rings. The quantitative estimate of drug-likeness (QED) is 0.824. The molecule has 1 heterocycles. The number of nitrogens with zero attached hydrogens (tertiary/aromatic N) is 2. The summed E-state index contributed by atoms with van der Waals surface area (Å²) in [7, 11) is -1.76. The Balaban J connectivity index is 2.71. The van der Waals surface area contributed by atoms with Crippen LogP contribution in [0.2, 0.25) is 0 Å². The van der Waals surface area contributed by atoms with E-state index in [1.807, 2.05) is 0 Å². The SMILES string of the molecule is CC(C)CCN(C)S(=O)(=O)c1cn[nH]c1. The Hall–Kier alpha value is -0.880. The van der Waals surface area contributed by atoms with Crippen molar-refractivity contribution in [2.24, 2.45) is 5.92 Å². The summed E-state index contributed by atoms with van der Waals surface area (Å²) in [5.41, 5.74) is 0. The van der Waals surface area contributed by atoms with E-state index in [0.29, 0.717) is 12.5 Å². The lowest BCUT2D eigenvalue weighted by atomic mass is 10.1. The first kappa shape index (κ1) is 12.2. The molecule has 0 saturated carbocycles. The van der Waals surface area contributed by atoms with Crippen molar-refractivity contribution >= 4 is 10.0 Å². The molecule has 1 rings (SSSR count). The van der Waals surface area contributed by atoms with Crippen molar-refractivity contribution in [1.29, 1.82) is 0 Å². The fourth-order valence-corrected chi connectivity index (χ4v) is 2.21. The van der Waals surface area contributed by atoms with Gasteiger partial charge in [0, 0.05) is 19.8 Å². The molecule has 0 aromatic carbocycles. The van der Waals surface area contributed by atoms with Crippen molar-refractivity contribution in [2.45, 2.75) is 25.2 Å². The Kier molecular flexibility index (Phi) is 3.87. The highest BCUT2D eigenvalue weighted by Crippen LogP contribution is 2.13. The zero-order valence-electron chi connectivity index (χ0n) is 9.27. The minimum atomic E-state index is -3.35. The van der Waals surface area contributed by atoms with E-state index in [4.69, 9.17) is 0 Å². The second-order valence-electron chi connectivity index (χ2n) is 3.94. The van der Waals surface area contributed by atoms with Crippen LogP contribution >= 0.6 is 0 Å². The molecule has 86 valence electrons. The van der Waals surface area contributed by atoms with Crippen LogP contribution in [-0.2, 0) is 10.0 Å². The molecule has 0 unspecified atom stereocenters. The van der Waals surface area contributed by atoms with E-state index < -0.39 is 10.0 Å². The zero-order chi connectivity index (χ0) is 11.5. The second-order valence-corrected chi connectivity index (χ2v) is 5.99. The lowest BCUT2D eigenvalue weighted by molar-refractivity contribution is 0.428. The maximum absolute atomic E-state index is 11.9. The van der Waals surface area contributed by atoms with Gasteiger partial charge in [-0.3, -0.25) is 5.10 Å². The van der Waals surface area contributed by atoms with Gasteiger partial charge in [0.05, 0.1) is 6.20 Å². The minimum Gasteiger partial charge on any atom is -0.284 e. The third-order valence-electron chi connectivity index (χ3n) is 2.20. The molecule has 15 heavy (non-hydrogen) atoms. The Morgan fingerprint density at radius 2 is 2.20 bits per heavy atom. The average Bonchev–Trinajstić information content (AvgIpc) is 2.66. The van der Waals surface area contributed by atoms with E-state index in [1.165, 1.54) is 16.7 Å². The van der Waals surface area contributed by atoms with Gasteiger partial charge in [-0.25, -0.2) is 12.7 Å². The van der Waals surface area contributed by atoms with Crippen LogP contribution in [-0.4, -0.2) is 36.5 Å². The summed E-state index contributed by atoms with van der Waals surface area (Å²) in [6.07, 6.45) is 3.57. The topological polar surface area (TPSA) is 66.1 Å². The van der Waals surface area contributed by atoms with Gasteiger partial charge in [-0.2, -0.15) is 5.10 Å². The normalized spacial score (nSPS) is 12.6. The van der Waals surface area contributed by atoms with Gasteiger partial charge in [-0.05, 0) is 12.3 Å². The molecular formula is C9H17N3O2S. The molecule has 0 atom stereocenters. The van der Waals surface area contributed by atoms with Crippen LogP contribution in [0.1, 0.15) is 20.3 Å². The molecule has 0 saturated heterocycles. The molecule has 0 aliphatic carbocycles. The highest BCUT2D eigenvalue weighted by Gasteiger charge is 2.21. The number of sulfonamides is 1. The summed E-state index contributed by atoms with van der Waals surface area (Å²) in [6.45, 7) is 4.67. The van der Waals surface area contributed by atoms with Crippen LogP contribution in [0.25, 0.3) is 0 Å². The third kappa shape index (κ3) is 3.04. The molecule has 1 aromatic heterocycles. The molecule has 0 aliphatic heterocycles. The second kappa shape index (κ2) is 4.76. The fourth-order valence-electron chi connectivity index (χ4n) is 1.12. The van der Waals surface area contributed by atoms with E-state index in [2.05, 4.69) is 24.0 Å². The van der Waals surface area contributed by atoms with Crippen molar-refractivity contribution < 1.29 is 8.42 Å². The van der Waals surface area contributed by atoms with Crippen molar-refractivity contribution in [3.8, 4) is 0 Å². The molecule has 0 bridgehead atoms. The predicted molar refractivity (Wildman–Crippen MR) is 57.9 cm³/mol. The van der Waals surface area contributed by atoms with Crippen molar-refractivity contribution in [1.82, 2.24) is 14.5 Å². The van der Waals surface area contributed by atoms with E-state index in [-0.39, 0.29) is 4.90 Å². The van der Waals surface area contributed by atoms with Gasteiger partial charge in [0.2, 0.25) is 10.0 Å². The van der Waals surface area contributed by atoms with E-state index in [9.17, 15) is 8.42 Å². The van der Waals surface area contributed by atoms with Gasteiger partial charge < -0.3 is 0 Å². The Bertz CT molecular complexity index is 383. The first-order chi connectivity index (χ1) is 6.94. The van der Waals surface area contributed by atoms with E-state index in [1.54, 1.807) is 7.05 Å². The van der Waals surface area contributed by atoms with Gasteiger partial charge in [0.25, 0.3) is 0 Å². The van der Waals surface area contributed by atoms with Crippen LogP contribution < -0.4 is 0 Å². The fraction of sp³-hybridized carbons (Fsp3) is 0.667. The zero-order valence-corrected chi connectivity index (χ0v) is 10.1. The van der Waals surface area contributed by atoms with Crippen molar-refractivity contribution in [3.63, 3.8) is 0 Å². The molecule has 0 radical (unpaired) electrons. The lowest BCUT2D eigenvalue weighted by Gasteiger charge is -2.16. The third-order valence-corrected chi connectivity index (χ3v) is 4.02. The van der Waals surface area contributed by atoms with Crippen molar-refractivity contribution in [3.05, 3.63) is 12.4 Å². The maximum atomic E-state index is 11.9. The first-order valence-corrected chi connectivity index (χ1v) is 6.33. The van der Waals surface area contributed by atoms with Crippen LogP contribution in [0.15, 0.2) is 17.3 Å². The summed E-state index contributed by atoms with van der Waals surface area (Å²) in [4.78, 5) is 0.216. The minimum absolute atomic E-state index is 0.216. The van der Waals surface area contributed by atoms with Gasteiger partial charge in [-0.15, -0.1) is 0 Å². The molecule has 1 aromatic rings. The standard InChI is InChI=1S/C9H17N3O2S/c1-8(2)4-5-12(3)15(13,14)9-6-10-11-7-9/h6-8H,4-5H2,1-3H3,(H,10,11). The van der Waals surface area contributed by atoms with Gasteiger partial charge in [0.1, 0.15) is 4.90 Å². The average molecular weight is 231 g/mol. The van der Waals surface area contributed by atoms with Crippen LogP contribution in [0.3, 0.4) is 0 Å². The highest BCUT2D eigenvalue weighted by atomic mass is 32.2. The molecular weight excluding hydrogens is 214 g/mol. The lowest BCUT2D eigenvalue weighted by Crippen LogP contribution is -2.28. The Morgan fingerprint density at radius 1 is 1.53 bits per heavy atom. The summed E-state index contributed by atoms with van der Waals surface area (Å²) in [5, 5.41) is 6.14.